The molecular weight excluding hydrogens is 166 g/mol. The molecule has 13 heavy (non-hydrogen) atoms. The highest BCUT2D eigenvalue weighted by molar-refractivity contribution is 5.33. The minimum Gasteiger partial charge on any atom is -0.383 e. The Morgan fingerprint density at radius 1 is 1.62 bits per heavy atom. The molecule has 1 unspecified atom stereocenters. The summed E-state index contributed by atoms with van der Waals surface area (Å²) in [5, 5.41) is 3.21. The summed E-state index contributed by atoms with van der Waals surface area (Å²) < 4.78 is 5.00. The van der Waals surface area contributed by atoms with Gasteiger partial charge in [0.05, 0.1) is 6.61 Å². The molecule has 0 fully saturated rings. The molecule has 4 nitrogen and oxygen atoms in total. The summed E-state index contributed by atoms with van der Waals surface area (Å²) in [5.74, 6) is 1.62. The number of hydrogen-bond donors (Lipinski definition) is 1. The molecule has 1 aromatic rings. The van der Waals surface area contributed by atoms with Crippen molar-refractivity contribution in [2.45, 2.75) is 19.9 Å². The van der Waals surface area contributed by atoms with Crippen LogP contribution in [0.4, 0.5) is 5.82 Å². The molecule has 0 aliphatic rings. The van der Waals surface area contributed by atoms with Gasteiger partial charge in [0, 0.05) is 19.3 Å². The van der Waals surface area contributed by atoms with Gasteiger partial charge in [0.2, 0.25) is 0 Å². The molecule has 1 heterocycles. The van der Waals surface area contributed by atoms with E-state index < -0.39 is 0 Å². The fraction of sp³-hybridized carbons (Fsp3) is 0.556. The number of nitrogens with one attached hydrogen (secondary N) is 1. The van der Waals surface area contributed by atoms with Crippen molar-refractivity contribution in [3.8, 4) is 0 Å². The number of nitrogens with zero attached hydrogens (tertiary/aromatic N) is 2. The number of aryl methyl sites for hydroxylation is 1. The number of ether oxygens (including phenoxy) is 1. The minimum atomic E-state index is 0.263. The lowest BCUT2D eigenvalue weighted by Crippen LogP contribution is -2.21. The van der Waals surface area contributed by atoms with E-state index in [1.54, 1.807) is 13.3 Å². The van der Waals surface area contributed by atoms with Crippen molar-refractivity contribution in [2.75, 3.05) is 19.0 Å². The molecule has 0 saturated heterocycles. The molecule has 0 radical (unpaired) electrons. The van der Waals surface area contributed by atoms with Gasteiger partial charge in [-0.3, -0.25) is 0 Å². The van der Waals surface area contributed by atoms with Crippen molar-refractivity contribution < 1.29 is 4.74 Å². The van der Waals surface area contributed by atoms with Gasteiger partial charge < -0.3 is 10.1 Å². The van der Waals surface area contributed by atoms with Gasteiger partial charge in [-0.2, -0.15) is 0 Å². The van der Waals surface area contributed by atoms with Gasteiger partial charge >= 0.3 is 0 Å². The molecule has 0 bridgehead atoms. The highest BCUT2D eigenvalue weighted by Gasteiger charge is 2.01. The van der Waals surface area contributed by atoms with E-state index in [1.165, 1.54) is 0 Å². The Hall–Kier alpha value is -1.16. The monoisotopic (exact) mass is 181 g/mol. The van der Waals surface area contributed by atoms with Crippen LogP contribution < -0.4 is 5.32 Å². The van der Waals surface area contributed by atoms with E-state index in [1.807, 2.05) is 19.9 Å². The molecule has 0 aliphatic heterocycles. The number of methoxy groups -OCH3 is 1. The number of anilines is 1. The zero-order chi connectivity index (χ0) is 9.68. The molecule has 0 amide bonds. The Morgan fingerprint density at radius 3 is 3.00 bits per heavy atom. The summed E-state index contributed by atoms with van der Waals surface area (Å²) >= 11 is 0. The van der Waals surface area contributed by atoms with E-state index in [-0.39, 0.29) is 6.04 Å². The number of hydrogen-bond acceptors (Lipinski definition) is 4. The van der Waals surface area contributed by atoms with Crippen molar-refractivity contribution in [2.24, 2.45) is 0 Å². The highest BCUT2D eigenvalue weighted by Crippen LogP contribution is 2.03. The van der Waals surface area contributed by atoms with Crippen LogP contribution in [0.3, 0.4) is 0 Å². The molecule has 4 heteroatoms. The predicted molar refractivity (Wildman–Crippen MR) is 51.7 cm³/mol. The lowest BCUT2D eigenvalue weighted by atomic mass is 10.3. The van der Waals surface area contributed by atoms with Crippen molar-refractivity contribution >= 4 is 5.82 Å². The molecular formula is C9H15N3O. The standard InChI is InChI=1S/C9H15N3O/c1-7(6-13-3)11-9-4-5-10-8(2)12-9/h4-5,7H,6H2,1-3H3,(H,10,11,12). The van der Waals surface area contributed by atoms with Gasteiger partial charge in [0.1, 0.15) is 11.6 Å². The zero-order valence-electron chi connectivity index (χ0n) is 8.24. The molecule has 0 saturated carbocycles. The first-order valence-corrected chi connectivity index (χ1v) is 4.27. The summed E-state index contributed by atoms with van der Waals surface area (Å²) in [4.78, 5) is 8.23. The lowest BCUT2D eigenvalue weighted by Gasteiger charge is -2.12. The molecule has 1 N–H and O–H groups in total. The minimum absolute atomic E-state index is 0.263. The summed E-state index contributed by atoms with van der Waals surface area (Å²) in [5.41, 5.74) is 0. The van der Waals surface area contributed by atoms with Gasteiger partial charge in [-0.05, 0) is 19.9 Å². The fourth-order valence-corrected chi connectivity index (χ4v) is 1.08. The molecule has 0 spiro atoms. The molecule has 1 aromatic heterocycles. The van der Waals surface area contributed by atoms with Gasteiger partial charge in [-0.1, -0.05) is 0 Å². The molecule has 0 aliphatic carbocycles. The van der Waals surface area contributed by atoms with Crippen LogP contribution >= 0.6 is 0 Å². The Labute approximate surface area is 78.4 Å². The molecule has 1 rings (SSSR count). The third kappa shape index (κ3) is 3.38. The lowest BCUT2D eigenvalue weighted by molar-refractivity contribution is 0.190. The van der Waals surface area contributed by atoms with Crippen LogP contribution in [0.1, 0.15) is 12.7 Å². The predicted octanol–water partition coefficient (Wildman–Crippen LogP) is 1.23. The van der Waals surface area contributed by atoms with Crippen LogP contribution in [0.15, 0.2) is 12.3 Å². The highest BCUT2D eigenvalue weighted by atomic mass is 16.5. The van der Waals surface area contributed by atoms with Crippen LogP contribution in [0.2, 0.25) is 0 Å². The Morgan fingerprint density at radius 2 is 2.38 bits per heavy atom. The van der Waals surface area contributed by atoms with Crippen LogP contribution in [0, 0.1) is 6.92 Å². The maximum absolute atomic E-state index is 5.00. The second kappa shape index (κ2) is 4.77. The van der Waals surface area contributed by atoms with Crippen LogP contribution in [0.25, 0.3) is 0 Å². The maximum Gasteiger partial charge on any atom is 0.129 e. The third-order valence-electron chi connectivity index (χ3n) is 1.59. The van der Waals surface area contributed by atoms with Crippen molar-refractivity contribution in [1.29, 1.82) is 0 Å². The van der Waals surface area contributed by atoms with Gasteiger partial charge in [-0.25, -0.2) is 9.97 Å². The van der Waals surface area contributed by atoms with E-state index >= 15 is 0 Å². The number of aromatic nitrogens is 2. The first kappa shape index (κ1) is 9.92. The summed E-state index contributed by atoms with van der Waals surface area (Å²) in [6.45, 7) is 4.58. The maximum atomic E-state index is 5.00. The summed E-state index contributed by atoms with van der Waals surface area (Å²) in [7, 11) is 1.68. The first-order chi connectivity index (χ1) is 6.22. The van der Waals surface area contributed by atoms with E-state index in [9.17, 15) is 0 Å². The smallest absolute Gasteiger partial charge is 0.129 e. The van der Waals surface area contributed by atoms with E-state index in [2.05, 4.69) is 15.3 Å². The topological polar surface area (TPSA) is 47.0 Å². The Bertz CT molecular complexity index is 265. The summed E-state index contributed by atoms with van der Waals surface area (Å²) in [6.07, 6.45) is 1.74. The average molecular weight is 181 g/mol. The van der Waals surface area contributed by atoms with Crippen molar-refractivity contribution in [3.05, 3.63) is 18.1 Å². The van der Waals surface area contributed by atoms with Crippen LogP contribution in [-0.4, -0.2) is 29.7 Å². The van der Waals surface area contributed by atoms with Gasteiger partial charge in [0.25, 0.3) is 0 Å². The zero-order valence-corrected chi connectivity index (χ0v) is 8.24. The van der Waals surface area contributed by atoms with E-state index in [0.717, 1.165) is 11.6 Å². The fourth-order valence-electron chi connectivity index (χ4n) is 1.08. The summed E-state index contributed by atoms with van der Waals surface area (Å²) in [6, 6.07) is 2.11. The molecule has 0 aromatic carbocycles. The van der Waals surface area contributed by atoms with Gasteiger partial charge in [-0.15, -0.1) is 0 Å². The Balaban J connectivity index is 2.53. The van der Waals surface area contributed by atoms with Crippen molar-refractivity contribution in [3.63, 3.8) is 0 Å². The third-order valence-corrected chi connectivity index (χ3v) is 1.59. The van der Waals surface area contributed by atoms with E-state index in [0.29, 0.717) is 6.61 Å². The second-order valence-corrected chi connectivity index (χ2v) is 2.99. The molecule has 72 valence electrons. The first-order valence-electron chi connectivity index (χ1n) is 4.27. The van der Waals surface area contributed by atoms with Crippen LogP contribution in [0.5, 0.6) is 0 Å². The van der Waals surface area contributed by atoms with Crippen LogP contribution in [-0.2, 0) is 4.74 Å². The second-order valence-electron chi connectivity index (χ2n) is 2.99. The van der Waals surface area contributed by atoms with E-state index in [4.69, 9.17) is 4.74 Å². The normalized spacial score (nSPS) is 12.5. The molecule has 1 atom stereocenters. The largest absolute Gasteiger partial charge is 0.383 e. The SMILES string of the molecule is COCC(C)Nc1ccnc(C)n1. The number of rotatable bonds is 4. The quantitative estimate of drug-likeness (QED) is 0.759. The average Bonchev–Trinajstić information content (AvgIpc) is 2.04. The van der Waals surface area contributed by atoms with Crippen molar-refractivity contribution in [1.82, 2.24) is 9.97 Å². The Kier molecular flexibility index (Phi) is 3.64. The van der Waals surface area contributed by atoms with Gasteiger partial charge in [0.15, 0.2) is 0 Å².